The third kappa shape index (κ3) is 4.99. The van der Waals surface area contributed by atoms with E-state index in [1.54, 1.807) is 6.26 Å². The fraction of sp³-hybridized carbons (Fsp3) is 0.333. The zero-order valence-corrected chi connectivity index (χ0v) is 21.1. The first-order chi connectivity index (χ1) is 16.2. The van der Waals surface area contributed by atoms with Gasteiger partial charge in [-0.2, -0.15) is 0 Å². The molecule has 34 heavy (non-hydrogen) atoms. The SMILES string of the molecule is Cc1ccc(C(C)C)c(OCCN2C(=O)S/C(=C\c3cc(C)n(Cc4ccco4)c3C)C2=O)c1. The number of aromatic nitrogens is 1. The molecule has 2 aromatic heterocycles. The summed E-state index contributed by atoms with van der Waals surface area (Å²) in [6.07, 6.45) is 3.47. The Balaban J connectivity index is 1.45. The Morgan fingerprint density at radius 3 is 2.62 bits per heavy atom. The predicted octanol–water partition coefficient (Wildman–Crippen LogP) is 6.29. The number of furan rings is 1. The van der Waals surface area contributed by atoms with E-state index >= 15 is 0 Å². The van der Waals surface area contributed by atoms with Crippen molar-refractivity contribution in [3.8, 4) is 5.75 Å². The minimum Gasteiger partial charge on any atom is -0.491 e. The van der Waals surface area contributed by atoms with Crippen LogP contribution < -0.4 is 4.74 Å². The number of carbonyl (C=O) groups is 2. The Morgan fingerprint density at radius 2 is 1.91 bits per heavy atom. The first kappa shape index (κ1) is 24.0. The summed E-state index contributed by atoms with van der Waals surface area (Å²) in [7, 11) is 0. The number of thioether (sulfide) groups is 1. The van der Waals surface area contributed by atoms with Gasteiger partial charge < -0.3 is 13.7 Å². The monoisotopic (exact) mass is 478 g/mol. The van der Waals surface area contributed by atoms with Crippen molar-refractivity contribution in [3.63, 3.8) is 0 Å². The molecule has 0 radical (unpaired) electrons. The van der Waals surface area contributed by atoms with Gasteiger partial charge in [0.1, 0.15) is 18.1 Å². The van der Waals surface area contributed by atoms with Crippen molar-refractivity contribution in [2.45, 2.75) is 47.1 Å². The highest BCUT2D eigenvalue weighted by atomic mass is 32.2. The molecule has 1 aliphatic heterocycles. The van der Waals surface area contributed by atoms with Crippen molar-refractivity contribution in [3.05, 3.63) is 81.4 Å². The Morgan fingerprint density at radius 1 is 1.12 bits per heavy atom. The number of benzene rings is 1. The first-order valence-corrected chi connectivity index (χ1v) is 12.2. The van der Waals surface area contributed by atoms with E-state index in [0.717, 1.165) is 51.3 Å². The molecule has 0 bridgehead atoms. The summed E-state index contributed by atoms with van der Waals surface area (Å²) in [5.41, 5.74) is 5.23. The van der Waals surface area contributed by atoms with Crippen LogP contribution in [0.1, 0.15) is 53.6 Å². The van der Waals surface area contributed by atoms with E-state index in [9.17, 15) is 9.59 Å². The molecule has 0 aliphatic carbocycles. The van der Waals surface area contributed by atoms with Crippen LogP contribution >= 0.6 is 11.8 Å². The number of amides is 2. The van der Waals surface area contributed by atoms with Gasteiger partial charge in [-0.1, -0.05) is 26.0 Å². The minimum atomic E-state index is -0.275. The fourth-order valence-electron chi connectivity index (χ4n) is 4.10. The lowest BCUT2D eigenvalue weighted by Gasteiger charge is -2.17. The number of ether oxygens (including phenoxy) is 1. The van der Waals surface area contributed by atoms with E-state index < -0.39 is 0 Å². The zero-order valence-electron chi connectivity index (χ0n) is 20.3. The molecule has 0 atom stereocenters. The van der Waals surface area contributed by atoms with Gasteiger partial charge in [-0.05, 0) is 85.5 Å². The normalized spacial score (nSPS) is 15.2. The number of hydrogen-bond acceptors (Lipinski definition) is 5. The largest absolute Gasteiger partial charge is 0.491 e. The highest BCUT2D eigenvalue weighted by molar-refractivity contribution is 8.18. The van der Waals surface area contributed by atoms with Crippen LogP contribution in [-0.4, -0.2) is 33.8 Å². The topological polar surface area (TPSA) is 64.7 Å². The predicted molar refractivity (Wildman–Crippen MR) is 135 cm³/mol. The van der Waals surface area contributed by atoms with Crippen molar-refractivity contribution >= 4 is 29.0 Å². The molecular formula is C27H30N2O4S. The van der Waals surface area contributed by atoms with E-state index in [2.05, 4.69) is 30.5 Å². The van der Waals surface area contributed by atoms with Crippen LogP contribution in [-0.2, 0) is 11.3 Å². The van der Waals surface area contributed by atoms with Gasteiger partial charge in [0.05, 0.1) is 24.3 Å². The van der Waals surface area contributed by atoms with Gasteiger partial charge in [0, 0.05) is 11.4 Å². The van der Waals surface area contributed by atoms with Crippen LogP contribution in [0.5, 0.6) is 5.75 Å². The van der Waals surface area contributed by atoms with Gasteiger partial charge in [-0.25, -0.2) is 0 Å². The molecule has 3 heterocycles. The summed E-state index contributed by atoms with van der Waals surface area (Å²) in [5, 5.41) is -0.266. The summed E-state index contributed by atoms with van der Waals surface area (Å²) in [5.74, 6) is 1.72. The smallest absolute Gasteiger partial charge is 0.293 e. The maximum Gasteiger partial charge on any atom is 0.293 e. The fourth-order valence-corrected chi connectivity index (χ4v) is 4.96. The van der Waals surface area contributed by atoms with Gasteiger partial charge >= 0.3 is 0 Å². The zero-order chi connectivity index (χ0) is 24.4. The summed E-state index contributed by atoms with van der Waals surface area (Å²) in [6, 6.07) is 12.0. The Labute approximate surface area is 204 Å². The quantitative estimate of drug-likeness (QED) is 0.356. The molecule has 0 spiro atoms. The number of imide groups is 1. The summed E-state index contributed by atoms with van der Waals surface area (Å²) in [6.45, 7) is 11.4. The number of aryl methyl sites for hydroxylation is 2. The molecule has 0 N–H and O–H groups in total. The molecule has 1 saturated heterocycles. The molecular weight excluding hydrogens is 448 g/mol. The highest BCUT2D eigenvalue weighted by Crippen LogP contribution is 2.33. The van der Waals surface area contributed by atoms with E-state index in [-0.39, 0.29) is 24.3 Å². The van der Waals surface area contributed by atoms with Crippen LogP contribution in [0.25, 0.3) is 6.08 Å². The van der Waals surface area contributed by atoms with Crippen LogP contribution in [0.3, 0.4) is 0 Å². The van der Waals surface area contributed by atoms with Crippen LogP contribution in [0.15, 0.2) is 52.0 Å². The first-order valence-electron chi connectivity index (χ1n) is 11.4. The molecule has 1 aromatic carbocycles. The molecule has 7 heteroatoms. The summed E-state index contributed by atoms with van der Waals surface area (Å²) < 4.78 is 13.6. The Bertz CT molecular complexity index is 1240. The molecule has 1 fully saturated rings. The molecule has 1 aliphatic rings. The van der Waals surface area contributed by atoms with Gasteiger partial charge in [-0.15, -0.1) is 0 Å². The second-order valence-corrected chi connectivity index (χ2v) is 9.86. The van der Waals surface area contributed by atoms with Crippen LogP contribution in [0, 0.1) is 20.8 Å². The Hall–Kier alpha value is -3.19. The van der Waals surface area contributed by atoms with E-state index in [1.165, 1.54) is 4.90 Å². The average Bonchev–Trinajstić information content (AvgIpc) is 3.46. The van der Waals surface area contributed by atoms with E-state index in [0.29, 0.717) is 17.4 Å². The highest BCUT2D eigenvalue weighted by Gasteiger charge is 2.35. The van der Waals surface area contributed by atoms with Gasteiger partial charge in [0.15, 0.2) is 0 Å². The summed E-state index contributed by atoms with van der Waals surface area (Å²) in [4.78, 5) is 27.3. The van der Waals surface area contributed by atoms with Crippen molar-refractivity contribution in [2.24, 2.45) is 0 Å². The lowest BCUT2D eigenvalue weighted by atomic mass is 10.0. The number of rotatable bonds is 8. The van der Waals surface area contributed by atoms with Crippen LogP contribution in [0.4, 0.5) is 4.79 Å². The van der Waals surface area contributed by atoms with Gasteiger partial charge in [0.2, 0.25) is 0 Å². The lowest BCUT2D eigenvalue weighted by molar-refractivity contribution is -0.123. The standard InChI is InChI=1S/C27H30N2O4S/c1-17(2)23-9-8-18(3)13-24(23)33-12-10-28-26(30)25(34-27(28)31)15-21-14-19(4)29(20(21)5)16-22-7-6-11-32-22/h6-9,11,13-15,17H,10,12,16H2,1-5H3/b25-15-. The lowest BCUT2D eigenvalue weighted by Crippen LogP contribution is -2.32. The molecule has 178 valence electrons. The van der Waals surface area contributed by atoms with Gasteiger partial charge in [-0.3, -0.25) is 14.5 Å². The molecule has 0 saturated carbocycles. The number of nitrogens with zero attached hydrogens (tertiary/aromatic N) is 2. The van der Waals surface area contributed by atoms with Crippen LogP contribution in [0.2, 0.25) is 0 Å². The number of hydrogen-bond donors (Lipinski definition) is 0. The average molecular weight is 479 g/mol. The maximum atomic E-state index is 13.0. The minimum absolute atomic E-state index is 0.213. The van der Waals surface area contributed by atoms with Crippen molar-refractivity contribution in [1.82, 2.24) is 9.47 Å². The number of carbonyl (C=O) groups excluding carboxylic acids is 2. The van der Waals surface area contributed by atoms with Gasteiger partial charge in [0.25, 0.3) is 11.1 Å². The maximum absolute atomic E-state index is 13.0. The molecule has 2 amide bonds. The van der Waals surface area contributed by atoms with Crippen molar-refractivity contribution in [1.29, 1.82) is 0 Å². The Kier molecular flexibility index (Phi) is 7.03. The van der Waals surface area contributed by atoms with E-state index in [4.69, 9.17) is 9.15 Å². The second-order valence-electron chi connectivity index (χ2n) is 8.87. The van der Waals surface area contributed by atoms with E-state index in [1.807, 2.05) is 51.1 Å². The molecule has 3 aromatic rings. The third-order valence-corrected chi connectivity index (χ3v) is 6.94. The molecule has 6 nitrogen and oxygen atoms in total. The summed E-state index contributed by atoms with van der Waals surface area (Å²) >= 11 is 0.978. The van der Waals surface area contributed by atoms with Crippen molar-refractivity contribution < 1.29 is 18.7 Å². The second kappa shape index (κ2) is 9.97. The third-order valence-electron chi connectivity index (χ3n) is 6.03. The van der Waals surface area contributed by atoms with Crippen molar-refractivity contribution in [2.75, 3.05) is 13.2 Å². The molecule has 4 rings (SSSR count). The molecule has 0 unspecified atom stereocenters.